The van der Waals surface area contributed by atoms with Crippen LogP contribution in [0.5, 0.6) is 11.5 Å². The van der Waals surface area contributed by atoms with Gasteiger partial charge in [-0.1, -0.05) is 36.4 Å². The summed E-state index contributed by atoms with van der Waals surface area (Å²) in [5, 5.41) is 3.66. The van der Waals surface area contributed by atoms with Crippen LogP contribution in [0.3, 0.4) is 0 Å². The predicted octanol–water partition coefficient (Wildman–Crippen LogP) is 2.75. The van der Waals surface area contributed by atoms with Crippen molar-refractivity contribution in [2.45, 2.75) is 6.10 Å². The van der Waals surface area contributed by atoms with Crippen LogP contribution in [0, 0.1) is 0 Å². The molecule has 2 heterocycles. The topological polar surface area (TPSA) is 86.8 Å². The van der Waals surface area contributed by atoms with Gasteiger partial charge in [-0.15, -0.1) is 0 Å². The normalized spacial score (nSPS) is 15.1. The molecule has 0 saturated heterocycles. The van der Waals surface area contributed by atoms with Crippen LogP contribution in [0.25, 0.3) is 17.0 Å². The Morgan fingerprint density at radius 3 is 2.83 bits per heavy atom. The predicted molar refractivity (Wildman–Crippen MR) is 111 cm³/mol. The molecule has 7 heteroatoms. The van der Waals surface area contributed by atoms with Gasteiger partial charge in [0, 0.05) is 23.2 Å². The summed E-state index contributed by atoms with van der Waals surface area (Å²) >= 11 is 0. The molecule has 0 unspecified atom stereocenters. The maximum absolute atomic E-state index is 12.0. The van der Waals surface area contributed by atoms with E-state index in [1.807, 2.05) is 54.6 Å². The van der Waals surface area contributed by atoms with Crippen molar-refractivity contribution >= 4 is 28.9 Å². The molecule has 1 aliphatic heterocycles. The van der Waals surface area contributed by atoms with E-state index < -0.39 is 11.9 Å². The molecule has 4 rings (SSSR count). The molecule has 2 aromatic carbocycles. The van der Waals surface area contributed by atoms with Gasteiger partial charge < -0.3 is 19.5 Å². The molecule has 0 saturated carbocycles. The molecule has 1 atom stereocenters. The Balaban J connectivity index is 1.23. The summed E-state index contributed by atoms with van der Waals surface area (Å²) < 4.78 is 16.4. The van der Waals surface area contributed by atoms with E-state index in [1.54, 1.807) is 12.3 Å². The summed E-state index contributed by atoms with van der Waals surface area (Å²) in [6, 6.07) is 16.8. The SMILES string of the molecule is O=C(COC(=O)/C=C/c1cccc2cccnc12)NC[C@H]1COc2ccccc2O1. The van der Waals surface area contributed by atoms with E-state index >= 15 is 0 Å². The van der Waals surface area contributed by atoms with E-state index in [0.717, 1.165) is 16.5 Å². The molecular formula is C23H20N2O5. The summed E-state index contributed by atoms with van der Waals surface area (Å²) in [6.07, 6.45) is 4.30. The molecule has 30 heavy (non-hydrogen) atoms. The number of benzene rings is 2. The zero-order chi connectivity index (χ0) is 20.8. The highest BCUT2D eigenvalue weighted by Crippen LogP contribution is 2.30. The lowest BCUT2D eigenvalue weighted by molar-refractivity contribution is -0.143. The van der Waals surface area contributed by atoms with Gasteiger partial charge in [0.05, 0.1) is 12.1 Å². The number of rotatable bonds is 6. The van der Waals surface area contributed by atoms with Gasteiger partial charge in [-0.2, -0.15) is 0 Å². The van der Waals surface area contributed by atoms with E-state index in [1.165, 1.54) is 6.08 Å². The van der Waals surface area contributed by atoms with Gasteiger partial charge >= 0.3 is 5.97 Å². The minimum atomic E-state index is -0.607. The number of nitrogens with zero attached hydrogens (tertiary/aromatic N) is 1. The molecule has 0 radical (unpaired) electrons. The van der Waals surface area contributed by atoms with E-state index in [-0.39, 0.29) is 19.3 Å². The Morgan fingerprint density at radius 2 is 1.93 bits per heavy atom. The largest absolute Gasteiger partial charge is 0.486 e. The summed E-state index contributed by atoms with van der Waals surface area (Å²) in [6.45, 7) is 0.211. The fourth-order valence-corrected chi connectivity index (χ4v) is 3.05. The third-order valence-corrected chi connectivity index (χ3v) is 4.50. The lowest BCUT2D eigenvalue weighted by Crippen LogP contribution is -2.42. The number of esters is 1. The molecular weight excluding hydrogens is 384 g/mol. The first-order valence-electron chi connectivity index (χ1n) is 9.53. The minimum absolute atomic E-state index is 0.252. The molecule has 1 N–H and O–H groups in total. The number of ether oxygens (including phenoxy) is 3. The second-order valence-corrected chi connectivity index (χ2v) is 6.67. The van der Waals surface area contributed by atoms with Crippen molar-refractivity contribution in [3.8, 4) is 11.5 Å². The van der Waals surface area contributed by atoms with E-state index in [4.69, 9.17) is 14.2 Å². The minimum Gasteiger partial charge on any atom is -0.486 e. The molecule has 0 bridgehead atoms. The zero-order valence-corrected chi connectivity index (χ0v) is 16.1. The first-order chi connectivity index (χ1) is 14.7. The number of carbonyl (C=O) groups excluding carboxylic acids is 2. The fraction of sp³-hybridized carbons (Fsp3) is 0.174. The molecule has 1 aromatic heterocycles. The Labute approximate surface area is 173 Å². The highest BCUT2D eigenvalue weighted by molar-refractivity contribution is 5.93. The third-order valence-electron chi connectivity index (χ3n) is 4.50. The summed E-state index contributed by atoms with van der Waals surface area (Å²) in [5.74, 6) is 0.306. The molecule has 7 nitrogen and oxygen atoms in total. The lowest BCUT2D eigenvalue weighted by Gasteiger charge is -2.26. The number of aromatic nitrogens is 1. The third kappa shape index (κ3) is 4.75. The second-order valence-electron chi connectivity index (χ2n) is 6.67. The second kappa shape index (κ2) is 9.09. The number of amides is 1. The summed E-state index contributed by atoms with van der Waals surface area (Å²) in [7, 11) is 0. The molecule has 3 aromatic rings. The van der Waals surface area contributed by atoms with Crippen LogP contribution in [0.4, 0.5) is 0 Å². The molecule has 0 aliphatic carbocycles. The maximum Gasteiger partial charge on any atom is 0.331 e. The van der Waals surface area contributed by atoms with Gasteiger partial charge in [-0.25, -0.2) is 4.79 Å². The molecule has 1 aliphatic rings. The Bertz CT molecular complexity index is 1090. The number of pyridine rings is 1. The van der Waals surface area contributed by atoms with Gasteiger partial charge in [0.15, 0.2) is 18.1 Å². The Kier molecular flexibility index (Phi) is 5.89. The fourth-order valence-electron chi connectivity index (χ4n) is 3.05. The van der Waals surface area contributed by atoms with Crippen molar-refractivity contribution in [1.82, 2.24) is 10.3 Å². The smallest absolute Gasteiger partial charge is 0.331 e. The van der Waals surface area contributed by atoms with Crippen LogP contribution in [-0.4, -0.2) is 42.7 Å². The average Bonchev–Trinajstić information content (AvgIpc) is 2.79. The summed E-state index contributed by atoms with van der Waals surface area (Å²) in [4.78, 5) is 28.2. The highest BCUT2D eigenvalue weighted by Gasteiger charge is 2.21. The monoisotopic (exact) mass is 404 g/mol. The lowest BCUT2D eigenvalue weighted by atomic mass is 10.1. The van der Waals surface area contributed by atoms with Gasteiger partial charge in [0.2, 0.25) is 0 Å². The highest BCUT2D eigenvalue weighted by atomic mass is 16.6. The number of nitrogens with one attached hydrogen (secondary N) is 1. The quantitative estimate of drug-likeness (QED) is 0.502. The zero-order valence-electron chi connectivity index (χ0n) is 16.1. The standard InChI is InChI=1S/C23H20N2O5/c26-21(25-13-18-14-28-19-8-1-2-9-20(19)30-18)15-29-22(27)11-10-17-6-3-5-16-7-4-12-24-23(16)17/h1-12,18H,13-15H2,(H,25,26)/b11-10+/t18-/m0/s1. The van der Waals surface area contributed by atoms with Gasteiger partial charge in [0.1, 0.15) is 12.7 Å². The van der Waals surface area contributed by atoms with Gasteiger partial charge in [0.25, 0.3) is 5.91 Å². The number of hydrogen-bond acceptors (Lipinski definition) is 6. The van der Waals surface area contributed by atoms with Gasteiger partial charge in [-0.3, -0.25) is 9.78 Å². The van der Waals surface area contributed by atoms with Crippen molar-refractivity contribution < 1.29 is 23.8 Å². The maximum atomic E-state index is 12.0. The average molecular weight is 404 g/mol. The molecule has 0 fully saturated rings. The van der Waals surface area contributed by atoms with Crippen molar-refractivity contribution in [1.29, 1.82) is 0 Å². The molecule has 1 amide bonds. The van der Waals surface area contributed by atoms with Crippen molar-refractivity contribution in [3.63, 3.8) is 0 Å². The first-order valence-corrected chi connectivity index (χ1v) is 9.53. The Hall–Kier alpha value is -3.87. The van der Waals surface area contributed by atoms with Gasteiger partial charge in [-0.05, 0) is 24.3 Å². The Morgan fingerprint density at radius 1 is 1.10 bits per heavy atom. The number of para-hydroxylation sites is 3. The molecule has 0 spiro atoms. The van der Waals surface area contributed by atoms with Crippen molar-refractivity contribution in [3.05, 3.63) is 72.4 Å². The van der Waals surface area contributed by atoms with Crippen LogP contribution in [-0.2, 0) is 14.3 Å². The van der Waals surface area contributed by atoms with E-state index in [9.17, 15) is 9.59 Å². The van der Waals surface area contributed by atoms with Crippen molar-refractivity contribution in [2.24, 2.45) is 0 Å². The van der Waals surface area contributed by atoms with Crippen LogP contribution >= 0.6 is 0 Å². The van der Waals surface area contributed by atoms with Crippen LogP contribution in [0.1, 0.15) is 5.56 Å². The van der Waals surface area contributed by atoms with Crippen LogP contribution in [0.15, 0.2) is 66.9 Å². The van der Waals surface area contributed by atoms with E-state index in [2.05, 4.69) is 10.3 Å². The number of hydrogen-bond donors (Lipinski definition) is 1. The van der Waals surface area contributed by atoms with Crippen LogP contribution < -0.4 is 14.8 Å². The summed E-state index contributed by atoms with van der Waals surface area (Å²) in [5.41, 5.74) is 1.59. The first kappa shape index (κ1) is 19.4. The number of carbonyl (C=O) groups is 2. The van der Waals surface area contributed by atoms with Crippen LogP contribution in [0.2, 0.25) is 0 Å². The molecule has 152 valence electrons. The van der Waals surface area contributed by atoms with Crippen molar-refractivity contribution in [2.75, 3.05) is 19.8 Å². The van der Waals surface area contributed by atoms with E-state index in [0.29, 0.717) is 18.1 Å². The number of fused-ring (bicyclic) bond motifs is 2.